The molecule has 3 rings (SSSR count). The van der Waals surface area contributed by atoms with E-state index < -0.39 is 0 Å². The Morgan fingerprint density at radius 3 is 2.63 bits per heavy atom. The molecule has 2 aliphatic carbocycles. The van der Waals surface area contributed by atoms with Crippen LogP contribution in [0.2, 0.25) is 0 Å². The summed E-state index contributed by atoms with van der Waals surface area (Å²) in [5.41, 5.74) is 0.872. The summed E-state index contributed by atoms with van der Waals surface area (Å²) in [6.45, 7) is 2.63. The predicted molar refractivity (Wildman–Crippen MR) is 75.2 cm³/mol. The Morgan fingerprint density at radius 1 is 1.26 bits per heavy atom. The van der Waals surface area contributed by atoms with Crippen molar-refractivity contribution in [2.24, 2.45) is 17.8 Å². The van der Waals surface area contributed by atoms with E-state index in [2.05, 4.69) is 5.32 Å². The van der Waals surface area contributed by atoms with Gasteiger partial charge in [-0.3, -0.25) is 4.79 Å². The topological polar surface area (TPSA) is 38.3 Å². The summed E-state index contributed by atoms with van der Waals surface area (Å²) in [5, 5.41) is 3.04. The number of nitrogens with one attached hydrogen (secondary N) is 1. The van der Waals surface area contributed by atoms with E-state index in [1.165, 1.54) is 19.3 Å². The second-order valence-electron chi connectivity index (χ2n) is 5.73. The fourth-order valence-corrected chi connectivity index (χ4v) is 3.60. The summed E-state index contributed by atoms with van der Waals surface area (Å²) in [5.74, 6) is 2.73. The number of hydrogen-bond acceptors (Lipinski definition) is 2. The molecule has 0 spiro atoms. The van der Waals surface area contributed by atoms with Crippen molar-refractivity contribution in [3.05, 3.63) is 24.3 Å². The van der Waals surface area contributed by atoms with Crippen LogP contribution in [0.3, 0.4) is 0 Å². The molecule has 1 aromatic rings. The number of hydrogen-bond donors (Lipinski definition) is 1. The summed E-state index contributed by atoms with van der Waals surface area (Å²) < 4.78 is 5.39. The second kappa shape index (κ2) is 5.24. The van der Waals surface area contributed by atoms with E-state index in [-0.39, 0.29) is 11.8 Å². The monoisotopic (exact) mass is 259 g/mol. The molecule has 1 aromatic carbocycles. The molecule has 0 aromatic heterocycles. The van der Waals surface area contributed by atoms with E-state index in [0.717, 1.165) is 23.8 Å². The quantitative estimate of drug-likeness (QED) is 0.899. The van der Waals surface area contributed by atoms with Crippen molar-refractivity contribution >= 4 is 11.6 Å². The molecule has 1 amide bonds. The van der Waals surface area contributed by atoms with Crippen LogP contribution in [0.1, 0.15) is 32.6 Å². The molecule has 3 unspecified atom stereocenters. The summed E-state index contributed by atoms with van der Waals surface area (Å²) in [6, 6.07) is 7.63. The molecule has 1 N–H and O–H groups in total. The van der Waals surface area contributed by atoms with Crippen LogP contribution in [0.25, 0.3) is 0 Å². The number of anilines is 1. The van der Waals surface area contributed by atoms with Crippen molar-refractivity contribution in [2.75, 3.05) is 11.9 Å². The highest BCUT2D eigenvalue weighted by molar-refractivity contribution is 5.93. The lowest BCUT2D eigenvalue weighted by Crippen LogP contribution is -2.27. The SMILES string of the molecule is CCOc1ccc(NC(=O)C2CC3CCC2C3)cc1. The molecular weight excluding hydrogens is 238 g/mol. The highest BCUT2D eigenvalue weighted by Gasteiger charge is 2.42. The maximum absolute atomic E-state index is 12.3. The van der Waals surface area contributed by atoms with Crippen molar-refractivity contribution in [3.8, 4) is 5.75 Å². The largest absolute Gasteiger partial charge is 0.494 e. The molecule has 2 aliphatic rings. The number of carbonyl (C=O) groups is 1. The van der Waals surface area contributed by atoms with E-state index in [1.54, 1.807) is 0 Å². The van der Waals surface area contributed by atoms with Crippen LogP contribution in [0.5, 0.6) is 5.75 Å². The number of amides is 1. The van der Waals surface area contributed by atoms with Crippen LogP contribution in [-0.4, -0.2) is 12.5 Å². The fraction of sp³-hybridized carbons (Fsp3) is 0.562. The van der Waals surface area contributed by atoms with Gasteiger partial charge in [0.2, 0.25) is 5.91 Å². The molecule has 3 heteroatoms. The molecular formula is C16H21NO2. The van der Waals surface area contributed by atoms with Gasteiger partial charge < -0.3 is 10.1 Å². The van der Waals surface area contributed by atoms with Gasteiger partial charge in [-0.15, -0.1) is 0 Å². The van der Waals surface area contributed by atoms with Crippen molar-refractivity contribution < 1.29 is 9.53 Å². The molecule has 2 bridgehead atoms. The summed E-state index contributed by atoms with van der Waals surface area (Å²) in [7, 11) is 0. The van der Waals surface area contributed by atoms with Crippen molar-refractivity contribution in [3.63, 3.8) is 0 Å². The molecule has 0 aliphatic heterocycles. The van der Waals surface area contributed by atoms with E-state index >= 15 is 0 Å². The fourth-order valence-electron chi connectivity index (χ4n) is 3.60. The van der Waals surface area contributed by atoms with E-state index in [0.29, 0.717) is 12.5 Å². The Morgan fingerprint density at radius 2 is 2.05 bits per heavy atom. The Kier molecular flexibility index (Phi) is 3.45. The van der Waals surface area contributed by atoms with Crippen LogP contribution in [0.4, 0.5) is 5.69 Å². The van der Waals surface area contributed by atoms with Crippen LogP contribution in [0, 0.1) is 17.8 Å². The third kappa shape index (κ3) is 2.60. The summed E-state index contributed by atoms with van der Waals surface area (Å²) in [6.07, 6.45) is 4.93. The minimum absolute atomic E-state index is 0.205. The van der Waals surface area contributed by atoms with Crippen molar-refractivity contribution in [1.29, 1.82) is 0 Å². The summed E-state index contributed by atoms with van der Waals surface area (Å²) >= 11 is 0. The van der Waals surface area contributed by atoms with Crippen molar-refractivity contribution in [2.45, 2.75) is 32.6 Å². The van der Waals surface area contributed by atoms with Crippen LogP contribution < -0.4 is 10.1 Å². The smallest absolute Gasteiger partial charge is 0.227 e. The molecule has 3 nitrogen and oxygen atoms in total. The lowest BCUT2D eigenvalue weighted by atomic mass is 9.88. The first-order valence-electron chi connectivity index (χ1n) is 7.30. The molecule has 0 heterocycles. The van der Waals surface area contributed by atoms with Crippen molar-refractivity contribution in [1.82, 2.24) is 0 Å². The van der Waals surface area contributed by atoms with E-state index in [9.17, 15) is 4.79 Å². The zero-order valence-corrected chi connectivity index (χ0v) is 11.4. The molecule has 3 atom stereocenters. The normalized spacial score (nSPS) is 28.4. The Hall–Kier alpha value is -1.51. The Labute approximate surface area is 114 Å². The van der Waals surface area contributed by atoms with Gasteiger partial charge in [-0.05, 0) is 62.3 Å². The zero-order chi connectivity index (χ0) is 13.2. The van der Waals surface area contributed by atoms with Gasteiger partial charge in [0, 0.05) is 11.6 Å². The number of fused-ring (bicyclic) bond motifs is 2. The number of benzene rings is 1. The number of rotatable bonds is 4. The first-order valence-corrected chi connectivity index (χ1v) is 7.30. The predicted octanol–water partition coefficient (Wildman–Crippen LogP) is 3.46. The van der Waals surface area contributed by atoms with Crippen LogP contribution in [0.15, 0.2) is 24.3 Å². The first kappa shape index (κ1) is 12.5. The molecule has 2 saturated carbocycles. The third-order valence-corrected chi connectivity index (χ3v) is 4.51. The number of ether oxygens (including phenoxy) is 1. The maximum Gasteiger partial charge on any atom is 0.227 e. The van der Waals surface area contributed by atoms with Gasteiger partial charge >= 0.3 is 0 Å². The highest BCUT2D eigenvalue weighted by Crippen LogP contribution is 2.48. The average Bonchev–Trinajstić information content (AvgIpc) is 3.04. The van der Waals surface area contributed by atoms with Crippen LogP contribution in [-0.2, 0) is 4.79 Å². The Bertz CT molecular complexity index is 454. The van der Waals surface area contributed by atoms with Gasteiger partial charge in [0.05, 0.1) is 6.61 Å². The van der Waals surface area contributed by atoms with Gasteiger partial charge in [-0.1, -0.05) is 6.42 Å². The molecule has 0 radical (unpaired) electrons. The standard InChI is InChI=1S/C16H21NO2/c1-2-19-14-7-5-13(6-8-14)17-16(18)15-10-11-3-4-12(15)9-11/h5-8,11-12,15H,2-4,9-10H2,1H3,(H,17,18). The third-order valence-electron chi connectivity index (χ3n) is 4.51. The minimum atomic E-state index is 0.205. The maximum atomic E-state index is 12.3. The summed E-state index contributed by atoms with van der Waals surface area (Å²) in [4.78, 5) is 12.3. The zero-order valence-electron chi connectivity index (χ0n) is 11.4. The highest BCUT2D eigenvalue weighted by atomic mass is 16.5. The number of carbonyl (C=O) groups excluding carboxylic acids is 1. The minimum Gasteiger partial charge on any atom is -0.494 e. The lowest BCUT2D eigenvalue weighted by Gasteiger charge is -2.20. The van der Waals surface area contributed by atoms with Gasteiger partial charge in [0.15, 0.2) is 0 Å². The lowest BCUT2D eigenvalue weighted by molar-refractivity contribution is -0.121. The van der Waals surface area contributed by atoms with Gasteiger partial charge in [-0.25, -0.2) is 0 Å². The first-order chi connectivity index (χ1) is 9.26. The van der Waals surface area contributed by atoms with Crippen LogP contribution >= 0.6 is 0 Å². The molecule has 102 valence electrons. The van der Waals surface area contributed by atoms with Gasteiger partial charge in [0.25, 0.3) is 0 Å². The molecule has 19 heavy (non-hydrogen) atoms. The van der Waals surface area contributed by atoms with Gasteiger partial charge in [0.1, 0.15) is 5.75 Å². The van der Waals surface area contributed by atoms with E-state index in [4.69, 9.17) is 4.74 Å². The second-order valence-corrected chi connectivity index (χ2v) is 5.73. The average molecular weight is 259 g/mol. The Balaban J connectivity index is 1.60. The molecule has 0 saturated heterocycles. The van der Waals surface area contributed by atoms with Gasteiger partial charge in [-0.2, -0.15) is 0 Å². The van der Waals surface area contributed by atoms with E-state index in [1.807, 2.05) is 31.2 Å². The molecule has 2 fully saturated rings.